The Labute approximate surface area is 108 Å². The van der Waals surface area contributed by atoms with E-state index in [2.05, 4.69) is 5.32 Å². The molecule has 0 aromatic heterocycles. The van der Waals surface area contributed by atoms with E-state index in [1.165, 1.54) is 18.2 Å². The van der Waals surface area contributed by atoms with Gasteiger partial charge in [-0.1, -0.05) is 13.8 Å². The van der Waals surface area contributed by atoms with E-state index in [4.69, 9.17) is 5.73 Å². The van der Waals surface area contributed by atoms with Crippen molar-refractivity contribution in [2.24, 2.45) is 11.7 Å². The lowest BCUT2D eigenvalue weighted by molar-refractivity contribution is 0.0923. The summed E-state index contributed by atoms with van der Waals surface area (Å²) in [5, 5.41) is 2.95. The number of amides is 1. The van der Waals surface area contributed by atoms with E-state index in [-0.39, 0.29) is 17.8 Å². The average Bonchev–Trinajstić information content (AvgIpc) is 2.27. The number of rotatable bonds is 5. The maximum absolute atomic E-state index is 13.0. The van der Waals surface area contributed by atoms with Crippen LogP contribution in [0.1, 0.15) is 36.2 Å². The Morgan fingerprint density at radius 1 is 1.44 bits per heavy atom. The summed E-state index contributed by atoms with van der Waals surface area (Å²) in [7, 11) is 0. The normalized spacial score (nSPS) is 12.6. The molecule has 0 bridgehead atoms. The van der Waals surface area contributed by atoms with E-state index in [0.29, 0.717) is 23.6 Å². The molecule has 1 aromatic rings. The number of aryl methyl sites for hydroxylation is 1. The van der Waals surface area contributed by atoms with Gasteiger partial charge < -0.3 is 11.1 Å². The molecule has 0 aliphatic heterocycles. The van der Waals surface area contributed by atoms with Gasteiger partial charge in [0.05, 0.1) is 0 Å². The second kappa shape index (κ2) is 6.50. The fourth-order valence-electron chi connectivity index (χ4n) is 1.88. The summed E-state index contributed by atoms with van der Waals surface area (Å²) in [6, 6.07) is 4.23. The third-order valence-corrected chi connectivity index (χ3v) is 3.03. The summed E-state index contributed by atoms with van der Waals surface area (Å²) in [6.07, 6.45) is 0.740. The molecule has 0 radical (unpaired) electrons. The molecule has 3 N–H and O–H groups in total. The van der Waals surface area contributed by atoms with Crippen molar-refractivity contribution in [2.75, 3.05) is 6.54 Å². The first-order valence-corrected chi connectivity index (χ1v) is 6.22. The van der Waals surface area contributed by atoms with Gasteiger partial charge in [0.2, 0.25) is 0 Å². The summed E-state index contributed by atoms with van der Waals surface area (Å²) in [5.74, 6) is -0.177. The molecule has 1 atom stereocenters. The lowest BCUT2D eigenvalue weighted by Crippen LogP contribution is -2.40. The van der Waals surface area contributed by atoms with Gasteiger partial charge in [-0.15, -0.1) is 0 Å². The Bertz CT molecular complexity index is 418. The first kappa shape index (κ1) is 14.6. The molecule has 4 heteroatoms. The Kier molecular flexibility index (Phi) is 5.28. The number of carbonyl (C=O) groups is 1. The van der Waals surface area contributed by atoms with E-state index in [1.54, 1.807) is 6.92 Å². The molecule has 100 valence electrons. The number of benzene rings is 1. The van der Waals surface area contributed by atoms with Crippen LogP contribution < -0.4 is 11.1 Å². The Morgan fingerprint density at radius 2 is 2.11 bits per heavy atom. The van der Waals surface area contributed by atoms with Crippen molar-refractivity contribution < 1.29 is 9.18 Å². The van der Waals surface area contributed by atoms with Crippen molar-refractivity contribution in [1.29, 1.82) is 0 Å². The molecule has 0 fully saturated rings. The number of hydrogen-bond acceptors (Lipinski definition) is 2. The van der Waals surface area contributed by atoms with Crippen LogP contribution in [-0.4, -0.2) is 18.5 Å². The molecule has 1 rings (SSSR count). The quantitative estimate of drug-likeness (QED) is 0.844. The maximum Gasteiger partial charge on any atom is 0.251 e. The molecule has 1 amide bonds. The van der Waals surface area contributed by atoms with Gasteiger partial charge >= 0.3 is 0 Å². The minimum absolute atomic E-state index is 0.0481. The van der Waals surface area contributed by atoms with E-state index < -0.39 is 0 Å². The van der Waals surface area contributed by atoms with Gasteiger partial charge in [0.1, 0.15) is 5.82 Å². The van der Waals surface area contributed by atoms with E-state index in [9.17, 15) is 9.18 Å². The molecule has 18 heavy (non-hydrogen) atoms. The molecular weight excluding hydrogens is 231 g/mol. The molecule has 1 aromatic carbocycles. The Morgan fingerprint density at radius 3 is 2.61 bits per heavy atom. The minimum Gasteiger partial charge on any atom is -0.349 e. The van der Waals surface area contributed by atoms with Crippen LogP contribution in [0.5, 0.6) is 0 Å². The number of halogens is 1. The second-order valence-corrected chi connectivity index (χ2v) is 4.86. The number of hydrogen-bond donors (Lipinski definition) is 2. The Hall–Kier alpha value is -1.42. The zero-order chi connectivity index (χ0) is 13.7. The third kappa shape index (κ3) is 3.81. The molecule has 0 aliphatic rings. The van der Waals surface area contributed by atoms with Gasteiger partial charge in [0.25, 0.3) is 5.91 Å². The van der Waals surface area contributed by atoms with Gasteiger partial charge in [-0.2, -0.15) is 0 Å². The number of nitrogens with two attached hydrogens (primary N) is 1. The van der Waals surface area contributed by atoms with Crippen LogP contribution in [0.15, 0.2) is 18.2 Å². The van der Waals surface area contributed by atoms with Crippen LogP contribution in [0, 0.1) is 18.7 Å². The fraction of sp³-hybridized carbons (Fsp3) is 0.500. The zero-order valence-electron chi connectivity index (χ0n) is 11.2. The van der Waals surface area contributed by atoms with E-state index in [0.717, 1.165) is 6.42 Å². The van der Waals surface area contributed by atoms with Crippen molar-refractivity contribution in [2.45, 2.75) is 33.2 Å². The first-order chi connectivity index (χ1) is 8.45. The van der Waals surface area contributed by atoms with E-state index >= 15 is 0 Å². The summed E-state index contributed by atoms with van der Waals surface area (Å²) < 4.78 is 13.0. The second-order valence-electron chi connectivity index (χ2n) is 4.86. The SMILES string of the molecule is Cc1cc(F)ccc1C(=O)NC(CCN)C(C)C. The van der Waals surface area contributed by atoms with Crippen LogP contribution in [-0.2, 0) is 0 Å². The summed E-state index contributed by atoms with van der Waals surface area (Å²) in [5.41, 5.74) is 6.68. The predicted molar refractivity (Wildman–Crippen MR) is 70.9 cm³/mol. The topological polar surface area (TPSA) is 55.1 Å². The van der Waals surface area contributed by atoms with Gasteiger partial charge in [-0.05, 0) is 49.6 Å². The van der Waals surface area contributed by atoms with Crippen molar-refractivity contribution in [3.8, 4) is 0 Å². The largest absolute Gasteiger partial charge is 0.349 e. The highest BCUT2D eigenvalue weighted by atomic mass is 19.1. The molecule has 0 spiro atoms. The van der Waals surface area contributed by atoms with E-state index in [1.807, 2.05) is 13.8 Å². The van der Waals surface area contributed by atoms with Gasteiger partial charge in [0.15, 0.2) is 0 Å². The van der Waals surface area contributed by atoms with Crippen LogP contribution >= 0.6 is 0 Å². The van der Waals surface area contributed by atoms with Crippen LogP contribution in [0.3, 0.4) is 0 Å². The van der Waals surface area contributed by atoms with Gasteiger partial charge in [-0.3, -0.25) is 4.79 Å². The van der Waals surface area contributed by atoms with Gasteiger partial charge in [0, 0.05) is 11.6 Å². The summed E-state index contributed by atoms with van der Waals surface area (Å²) in [4.78, 5) is 12.1. The molecule has 0 aliphatic carbocycles. The highest BCUT2D eigenvalue weighted by molar-refractivity contribution is 5.95. The standard InChI is InChI=1S/C14H21FN2O/c1-9(2)13(6-7-16)17-14(18)12-5-4-11(15)8-10(12)3/h4-5,8-9,13H,6-7,16H2,1-3H3,(H,17,18). The summed E-state index contributed by atoms with van der Waals surface area (Å²) >= 11 is 0. The third-order valence-electron chi connectivity index (χ3n) is 3.03. The summed E-state index contributed by atoms with van der Waals surface area (Å²) in [6.45, 7) is 6.34. The number of carbonyl (C=O) groups excluding carboxylic acids is 1. The van der Waals surface area contributed by atoms with Crippen LogP contribution in [0.4, 0.5) is 4.39 Å². The van der Waals surface area contributed by atoms with Crippen molar-refractivity contribution in [3.63, 3.8) is 0 Å². The molecular formula is C14H21FN2O. The smallest absolute Gasteiger partial charge is 0.251 e. The van der Waals surface area contributed by atoms with Crippen molar-refractivity contribution in [1.82, 2.24) is 5.32 Å². The molecule has 0 saturated heterocycles. The lowest BCUT2D eigenvalue weighted by atomic mass is 10.00. The van der Waals surface area contributed by atoms with Crippen molar-refractivity contribution in [3.05, 3.63) is 35.1 Å². The molecule has 3 nitrogen and oxygen atoms in total. The highest BCUT2D eigenvalue weighted by Gasteiger charge is 2.17. The zero-order valence-corrected chi connectivity index (χ0v) is 11.2. The Balaban J connectivity index is 2.80. The first-order valence-electron chi connectivity index (χ1n) is 6.22. The van der Waals surface area contributed by atoms with Gasteiger partial charge in [-0.25, -0.2) is 4.39 Å². The monoisotopic (exact) mass is 252 g/mol. The maximum atomic E-state index is 13.0. The molecule has 1 unspecified atom stereocenters. The van der Waals surface area contributed by atoms with Crippen molar-refractivity contribution >= 4 is 5.91 Å². The number of nitrogens with one attached hydrogen (secondary N) is 1. The van der Waals surface area contributed by atoms with Crippen LogP contribution in [0.2, 0.25) is 0 Å². The average molecular weight is 252 g/mol. The van der Waals surface area contributed by atoms with Crippen LogP contribution in [0.25, 0.3) is 0 Å². The highest BCUT2D eigenvalue weighted by Crippen LogP contribution is 2.12. The lowest BCUT2D eigenvalue weighted by Gasteiger charge is -2.22. The fourth-order valence-corrected chi connectivity index (χ4v) is 1.88. The molecule has 0 heterocycles. The predicted octanol–water partition coefficient (Wildman–Crippen LogP) is 2.24. The minimum atomic E-state index is -0.327. The molecule has 0 saturated carbocycles.